The van der Waals surface area contributed by atoms with Crippen LogP contribution in [0.25, 0.3) is 11.4 Å². The Kier molecular flexibility index (Phi) is 5.58. The number of amides is 2. The van der Waals surface area contributed by atoms with Gasteiger partial charge in [0.25, 0.3) is 5.91 Å². The monoisotopic (exact) mass is 496 g/mol. The standard InChI is InChI=1S/C22H24N8O6/c1-30-10-23-18(29-30)11-4-3-5-13(17(11)36-2)24-14-8-15(25-19(31)12-9-21(12)6-7-21)27-28-16(14)20(32)26-22(33,34)35/h3-5,8,10,12,33-35H,6-7,9H2,1-2H3,(H,26,32)(H2,24,25,27,31)/t12-/m0/s1. The Balaban J connectivity index is 1.48. The van der Waals surface area contributed by atoms with Gasteiger partial charge in [-0.2, -0.15) is 5.10 Å². The number of hydrogen-bond donors (Lipinski definition) is 6. The Morgan fingerprint density at radius 1 is 1.19 bits per heavy atom. The average Bonchev–Trinajstić information content (AvgIpc) is 3.71. The molecule has 6 N–H and O–H groups in total. The second-order valence-corrected chi connectivity index (χ2v) is 8.94. The van der Waals surface area contributed by atoms with Crippen molar-refractivity contribution in [2.45, 2.75) is 25.4 Å². The number of para-hydroxylation sites is 1. The molecule has 2 amide bonds. The van der Waals surface area contributed by atoms with Crippen LogP contribution in [0.3, 0.4) is 0 Å². The Labute approximate surface area is 204 Å². The van der Waals surface area contributed by atoms with Gasteiger partial charge in [0.2, 0.25) is 5.91 Å². The number of carbonyl (C=O) groups excluding carboxylic acids is 2. The van der Waals surface area contributed by atoms with E-state index in [1.165, 1.54) is 24.2 Å². The molecule has 36 heavy (non-hydrogen) atoms. The number of anilines is 3. The maximum absolute atomic E-state index is 12.6. The predicted molar refractivity (Wildman–Crippen MR) is 124 cm³/mol. The number of methoxy groups -OCH3 is 1. The van der Waals surface area contributed by atoms with Gasteiger partial charge in [-0.15, -0.1) is 10.2 Å². The van der Waals surface area contributed by atoms with E-state index in [2.05, 4.69) is 30.9 Å². The van der Waals surface area contributed by atoms with Crippen LogP contribution in [0, 0.1) is 11.3 Å². The molecular weight excluding hydrogens is 472 g/mol. The van der Waals surface area contributed by atoms with Gasteiger partial charge in [-0.05, 0) is 36.8 Å². The fraction of sp³-hybridized carbons (Fsp3) is 0.364. The molecule has 1 atom stereocenters. The molecule has 14 nitrogen and oxygen atoms in total. The van der Waals surface area contributed by atoms with Gasteiger partial charge in [-0.25, -0.2) is 4.98 Å². The van der Waals surface area contributed by atoms with Gasteiger partial charge in [0.1, 0.15) is 6.33 Å². The minimum Gasteiger partial charge on any atom is -0.494 e. The fourth-order valence-electron chi connectivity index (χ4n) is 4.21. The number of nitrogens with one attached hydrogen (secondary N) is 3. The maximum atomic E-state index is 12.6. The normalized spacial score (nSPS) is 17.4. The topological polar surface area (TPSA) is 197 Å². The summed E-state index contributed by atoms with van der Waals surface area (Å²) in [6, 6.07) is 6.52. The lowest BCUT2D eigenvalue weighted by molar-refractivity contribution is -0.323. The van der Waals surface area contributed by atoms with Crippen LogP contribution in [0.15, 0.2) is 30.6 Å². The Bertz CT molecular complexity index is 1350. The van der Waals surface area contributed by atoms with Crippen LogP contribution in [0.2, 0.25) is 0 Å². The lowest BCUT2D eigenvalue weighted by Crippen LogP contribution is -2.48. The lowest BCUT2D eigenvalue weighted by atomic mass is 10.1. The highest BCUT2D eigenvalue weighted by molar-refractivity contribution is 6.00. The molecule has 0 bridgehead atoms. The third-order valence-electron chi connectivity index (χ3n) is 6.27. The highest BCUT2D eigenvalue weighted by atomic mass is 16.7. The molecule has 2 aromatic heterocycles. The first-order chi connectivity index (χ1) is 17.1. The van der Waals surface area contributed by atoms with Crippen LogP contribution >= 0.6 is 0 Å². The molecule has 2 fully saturated rings. The van der Waals surface area contributed by atoms with Crippen molar-refractivity contribution in [2.24, 2.45) is 18.4 Å². The number of carbonyl (C=O) groups is 2. The number of aromatic nitrogens is 5. The van der Waals surface area contributed by atoms with E-state index in [9.17, 15) is 24.9 Å². The van der Waals surface area contributed by atoms with Crippen molar-refractivity contribution in [1.82, 2.24) is 30.3 Å². The summed E-state index contributed by atoms with van der Waals surface area (Å²) >= 11 is 0. The van der Waals surface area contributed by atoms with Crippen molar-refractivity contribution in [2.75, 3.05) is 17.7 Å². The van der Waals surface area contributed by atoms with E-state index >= 15 is 0 Å². The molecule has 3 aromatic rings. The molecule has 0 saturated heterocycles. The summed E-state index contributed by atoms with van der Waals surface area (Å²) in [6.45, 7) is 0. The van der Waals surface area contributed by atoms with E-state index in [1.54, 1.807) is 30.6 Å². The van der Waals surface area contributed by atoms with Crippen molar-refractivity contribution in [3.8, 4) is 17.1 Å². The molecule has 0 unspecified atom stereocenters. The Hall–Kier alpha value is -4.14. The van der Waals surface area contributed by atoms with Crippen LogP contribution < -0.4 is 20.7 Å². The molecular formula is C22H24N8O6. The largest absolute Gasteiger partial charge is 0.494 e. The molecule has 0 radical (unpaired) electrons. The summed E-state index contributed by atoms with van der Waals surface area (Å²) in [5.74, 6) is -0.540. The molecule has 2 aliphatic rings. The Morgan fingerprint density at radius 2 is 1.97 bits per heavy atom. The first kappa shape index (κ1) is 23.6. The van der Waals surface area contributed by atoms with Crippen LogP contribution in [0.1, 0.15) is 29.8 Å². The van der Waals surface area contributed by atoms with Crippen molar-refractivity contribution in [3.63, 3.8) is 0 Å². The van der Waals surface area contributed by atoms with Gasteiger partial charge in [0.05, 0.1) is 24.0 Å². The van der Waals surface area contributed by atoms with Crippen molar-refractivity contribution >= 4 is 29.0 Å². The van der Waals surface area contributed by atoms with E-state index in [0.29, 0.717) is 22.8 Å². The highest BCUT2D eigenvalue weighted by Crippen LogP contribution is 2.70. The highest BCUT2D eigenvalue weighted by Gasteiger charge is 2.65. The first-order valence-electron chi connectivity index (χ1n) is 11.1. The molecule has 2 saturated carbocycles. The zero-order valence-electron chi connectivity index (χ0n) is 19.4. The van der Waals surface area contributed by atoms with Gasteiger partial charge in [-0.3, -0.25) is 19.6 Å². The summed E-state index contributed by atoms with van der Waals surface area (Å²) in [5.41, 5.74) is 0.752. The van der Waals surface area contributed by atoms with Crippen LogP contribution in [-0.2, 0) is 11.8 Å². The second kappa shape index (κ2) is 8.51. The van der Waals surface area contributed by atoms with E-state index < -0.39 is 12.0 Å². The summed E-state index contributed by atoms with van der Waals surface area (Å²) in [5, 5.41) is 46.9. The zero-order chi connectivity index (χ0) is 25.7. The minimum atomic E-state index is -3.48. The number of hydrogen-bond acceptors (Lipinski definition) is 11. The molecule has 0 aliphatic heterocycles. The van der Waals surface area contributed by atoms with E-state index in [0.717, 1.165) is 19.3 Å². The number of rotatable bonds is 8. The molecule has 2 heterocycles. The summed E-state index contributed by atoms with van der Waals surface area (Å²) in [4.78, 5) is 29.4. The summed E-state index contributed by atoms with van der Waals surface area (Å²) in [7, 11) is 3.18. The quantitative estimate of drug-likeness (QED) is 0.231. The molecule has 14 heteroatoms. The van der Waals surface area contributed by atoms with Crippen LogP contribution in [-0.4, -0.2) is 65.3 Å². The maximum Gasteiger partial charge on any atom is 0.369 e. The van der Waals surface area contributed by atoms with Gasteiger partial charge < -0.3 is 30.7 Å². The SMILES string of the molecule is COc1c(Nc2cc(NC(=O)[C@@H]3CC34CC4)nnc2C(=O)NC(O)(O)O)cccc1-c1ncn(C)n1. The first-order valence-corrected chi connectivity index (χ1v) is 11.1. The molecule has 1 spiro atoms. The van der Waals surface area contributed by atoms with Crippen molar-refractivity contribution in [3.05, 3.63) is 36.3 Å². The third-order valence-corrected chi connectivity index (χ3v) is 6.27. The van der Waals surface area contributed by atoms with Gasteiger partial charge in [-0.1, -0.05) is 6.07 Å². The smallest absolute Gasteiger partial charge is 0.369 e. The van der Waals surface area contributed by atoms with Gasteiger partial charge in [0, 0.05) is 19.0 Å². The number of benzene rings is 1. The fourth-order valence-corrected chi connectivity index (χ4v) is 4.21. The molecule has 2 aliphatic carbocycles. The summed E-state index contributed by atoms with van der Waals surface area (Å²) < 4.78 is 7.12. The molecule has 1 aromatic carbocycles. The van der Waals surface area contributed by atoms with Gasteiger partial charge >= 0.3 is 6.10 Å². The number of aliphatic hydroxyl groups is 3. The Morgan fingerprint density at radius 3 is 2.58 bits per heavy atom. The number of aryl methyl sites for hydroxylation is 1. The van der Waals surface area contributed by atoms with Crippen molar-refractivity contribution in [1.29, 1.82) is 0 Å². The lowest BCUT2D eigenvalue weighted by Gasteiger charge is -2.18. The summed E-state index contributed by atoms with van der Waals surface area (Å²) in [6.07, 6.45) is 0.977. The second-order valence-electron chi connectivity index (χ2n) is 8.94. The van der Waals surface area contributed by atoms with E-state index in [-0.39, 0.29) is 34.4 Å². The molecule has 188 valence electrons. The van der Waals surface area contributed by atoms with E-state index in [4.69, 9.17) is 4.74 Å². The van der Waals surface area contributed by atoms with E-state index in [1.807, 2.05) is 0 Å². The molecule has 5 rings (SSSR count). The van der Waals surface area contributed by atoms with Crippen LogP contribution in [0.4, 0.5) is 17.2 Å². The number of ether oxygens (including phenoxy) is 1. The van der Waals surface area contributed by atoms with Crippen molar-refractivity contribution < 1.29 is 29.6 Å². The predicted octanol–water partition coefficient (Wildman–Crippen LogP) is 0.0809. The third kappa shape index (κ3) is 4.68. The van der Waals surface area contributed by atoms with Gasteiger partial charge in [0.15, 0.2) is 23.1 Å². The zero-order valence-corrected chi connectivity index (χ0v) is 19.4. The average molecular weight is 496 g/mol. The number of nitrogens with zero attached hydrogens (tertiary/aromatic N) is 5. The minimum absolute atomic E-state index is 0.0448. The van der Waals surface area contributed by atoms with Crippen LogP contribution in [0.5, 0.6) is 5.75 Å².